The van der Waals surface area contributed by atoms with Crippen molar-refractivity contribution >= 4 is 17.3 Å². The molecule has 0 saturated carbocycles. The van der Waals surface area contributed by atoms with Crippen LogP contribution in [0, 0.1) is 18.3 Å². The lowest BCUT2D eigenvalue weighted by molar-refractivity contribution is -0.0117. The van der Waals surface area contributed by atoms with Crippen LogP contribution in [0.1, 0.15) is 11.3 Å². The first-order valence-electron chi connectivity index (χ1n) is 8.14. The summed E-state index contributed by atoms with van der Waals surface area (Å²) in [7, 11) is 2.11. The molecule has 0 radical (unpaired) electrons. The van der Waals surface area contributed by atoms with Crippen molar-refractivity contribution in [3.8, 4) is 6.07 Å². The molecular formula is C17H21N7O. The fourth-order valence-electron chi connectivity index (χ4n) is 2.58. The number of likely N-dealkylation sites (N-methyl/N-ethyl adjacent to an activating group) is 1. The Morgan fingerprint density at radius 2 is 2.12 bits per heavy atom. The summed E-state index contributed by atoms with van der Waals surface area (Å²) in [5.74, 6) is 1.20. The van der Waals surface area contributed by atoms with E-state index in [9.17, 15) is 0 Å². The van der Waals surface area contributed by atoms with Crippen molar-refractivity contribution in [3.63, 3.8) is 0 Å². The lowest BCUT2D eigenvalue weighted by Gasteiger charge is -2.30. The number of nitrogens with zero attached hydrogens (tertiary/aromatic N) is 5. The van der Waals surface area contributed by atoms with Gasteiger partial charge in [0, 0.05) is 37.6 Å². The van der Waals surface area contributed by atoms with Crippen molar-refractivity contribution in [2.45, 2.75) is 13.0 Å². The third-order valence-corrected chi connectivity index (χ3v) is 3.99. The molecule has 8 nitrogen and oxygen atoms in total. The molecule has 0 aliphatic carbocycles. The van der Waals surface area contributed by atoms with Gasteiger partial charge in [-0.1, -0.05) is 0 Å². The lowest BCUT2D eigenvalue weighted by atomic mass is 10.2. The number of nitriles is 1. The Bertz CT molecular complexity index is 757. The van der Waals surface area contributed by atoms with Gasteiger partial charge in [0.2, 0.25) is 0 Å². The number of pyridine rings is 1. The summed E-state index contributed by atoms with van der Waals surface area (Å²) in [6, 6.07) is 3.88. The summed E-state index contributed by atoms with van der Waals surface area (Å²) in [4.78, 5) is 14.8. The van der Waals surface area contributed by atoms with Gasteiger partial charge in [-0.2, -0.15) is 5.26 Å². The lowest BCUT2D eigenvalue weighted by Crippen LogP contribution is -2.43. The number of hydrogen-bond acceptors (Lipinski definition) is 8. The van der Waals surface area contributed by atoms with Crippen LogP contribution >= 0.6 is 0 Å². The molecule has 0 spiro atoms. The fraction of sp³-hybridized carbons (Fsp3) is 0.412. The van der Waals surface area contributed by atoms with Gasteiger partial charge in [-0.3, -0.25) is 0 Å². The molecule has 1 atom stereocenters. The molecule has 2 N–H and O–H groups in total. The summed E-state index contributed by atoms with van der Waals surface area (Å²) in [6.45, 7) is 5.41. The van der Waals surface area contributed by atoms with Crippen LogP contribution in [0.5, 0.6) is 0 Å². The maximum Gasteiger partial charge on any atom is 0.158 e. The van der Waals surface area contributed by atoms with Crippen LogP contribution in [-0.2, 0) is 4.74 Å². The van der Waals surface area contributed by atoms with Crippen LogP contribution in [-0.4, -0.2) is 59.2 Å². The molecule has 1 aliphatic rings. The molecule has 1 saturated heterocycles. The molecule has 130 valence electrons. The largest absolute Gasteiger partial charge is 0.382 e. The Kier molecular flexibility index (Phi) is 5.38. The topological polar surface area (TPSA) is 99.0 Å². The van der Waals surface area contributed by atoms with Crippen molar-refractivity contribution in [1.82, 2.24) is 19.9 Å². The van der Waals surface area contributed by atoms with Gasteiger partial charge in [-0.25, -0.2) is 15.0 Å². The number of aromatic nitrogens is 3. The second kappa shape index (κ2) is 7.88. The van der Waals surface area contributed by atoms with Crippen molar-refractivity contribution < 1.29 is 4.74 Å². The van der Waals surface area contributed by atoms with E-state index >= 15 is 0 Å². The van der Waals surface area contributed by atoms with Gasteiger partial charge in [0.1, 0.15) is 17.7 Å². The zero-order chi connectivity index (χ0) is 17.6. The predicted molar refractivity (Wildman–Crippen MR) is 94.7 cm³/mol. The minimum Gasteiger partial charge on any atom is -0.382 e. The smallest absolute Gasteiger partial charge is 0.158 e. The van der Waals surface area contributed by atoms with Crippen molar-refractivity contribution in [2.75, 3.05) is 43.9 Å². The van der Waals surface area contributed by atoms with Crippen molar-refractivity contribution in [2.24, 2.45) is 0 Å². The Morgan fingerprint density at radius 3 is 2.84 bits per heavy atom. The van der Waals surface area contributed by atoms with Crippen molar-refractivity contribution in [3.05, 3.63) is 35.9 Å². The van der Waals surface area contributed by atoms with Gasteiger partial charge >= 0.3 is 0 Å². The monoisotopic (exact) mass is 339 g/mol. The molecule has 1 fully saturated rings. The minimum absolute atomic E-state index is 0.173. The molecule has 2 aromatic heterocycles. The molecule has 0 aromatic carbocycles. The molecule has 3 rings (SSSR count). The second-order valence-electron chi connectivity index (χ2n) is 6.04. The minimum atomic E-state index is 0.173. The van der Waals surface area contributed by atoms with E-state index in [0.29, 0.717) is 11.6 Å². The highest BCUT2D eigenvalue weighted by molar-refractivity contribution is 5.61. The summed E-state index contributed by atoms with van der Waals surface area (Å²) in [5, 5.41) is 15.3. The van der Waals surface area contributed by atoms with E-state index in [4.69, 9.17) is 10.00 Å². The predicted octanol–water partition coefficient (Wildman–Crippen LogP) is 1.54. The Hall–Kier alpha value is -2.76. The highest BCUT2D eigenvalue weighted by Gasteiger charge is 2.17. The van der Waals surface area contributed by atoms with Gasteiger partial charge in [0.15, 0.2) is 5.69 Å². The fourth-order valence-corrected chi connectivity index (χ4v) is 2.58. The third kappa shape index (κ3) is 4.62. The van der Waals surface area contributed by atoms with Crippen LogP contribution in [0.2, 0.25) is 0 Å². The van der Waals surface area contributed by atoms with Gasteiger partial charge in [-0.15, -0.1) is 0 Å². The number of morpholine rings is 1. The van der Waals surface area contributed by atoms with Crippen LogP contribution < -0.4 is 10.6 Å². The molecule has 3 heterocycles. The van der Waals surface area contributed by atoms with Crippen LogP contribution in [0.3, 0.4) is 0 Å². The number of aryl methyl sites for hydroxylation is 1. The third-order valence-electron chi connectivity index (χ3n) is 3.99. The molecule has 8 heteroatoms. The molecular weight excluding hydrogens is 318 g/mol. The zero-order valence-corrected chi connectivity index (χ0v) is 14.4. The number of ether oxygens (including phenoxy) is 1. The first-order valence-corrected chi connectivity index (χ1v) is 8.14. The number of rotatable bonds is 5. The number of anilines is 3. The molecule has 2 aromatic rings. The average molecular weight is 339 g/mol. The van der Waals surface area contributed by atoms with E-state index in [1.807, 2.05) is 19.1 Å². The molecule has 25 heavy (non-hydrogen) atoms. The molecule has 0 unspecified atom stereocenters. The van der Waals surface area contributed by atoms with Crippen LogP contribution in [0.25, 0.3) is 0 Å². The molecule has 1 aliphatic heterocycles. The number of nitrogens with one attached hydrogen (secondary N) is 2. The second-order valence-corrected chi connectivity index (χ2v) is 6.04. The number of hydrogen-bond donors (Lipinski definition) is 2. The van der Waals surface area contributed by atoms with Gasteiger partial charge in [0.05, 0.1) is 25.1 Å². The highest BCUT2D eigenvalue weighted by Crippen LogP contribution is 2.20. The Labute approximate surface area is 146 Å². The van der Waals surface area contributed by atoms with Gasteiger partial charge in [-0.05, 0) is 19.5 Å². The summed E-state index contributed by atoms with van der Waals surface area (Å²) in [5.41, 5.74) is 2.33. The van der Waals surface area contributed by atoms with Crippen molar-refractivity contribution in [1.29, 1.82) is 5.26 Å². The highest BCUT2D eigenvalue weighted by atomic mass is 16.5. The SMILES string of the molecule is Cc1cnc(Nc2cnc(C#N)cn2)cc1NC[C@H]1CN(C)CCO1. The zero-order valence-electron chi connectivity index (χ0n) is 14.4. The average Bonchev–Trinajstić information content (AvgIpc) is 2.63. The summed E-state index contributed by atoms with van der Waals surface area (Å²) < 4.78 is 5.78. The van der Waals surface area contributed by atoms with E-state index in [1.165, 1.54) is 12.4 Å². The first kappa shape index (κ1) is 17.1. The quantitative estimate of drug-likeness (QED) is 0.846. The summed E-state index contributed by atoms with van der Waals surface area (Å²) >= 11 is 0. The maximum atomic E-state index is 8.76. The van der Waals surface area contributed by atoms with Crippen LogP contribution in [0.4, 0.5) is 17.3 Å². The molecule has 0 bridgehead atoms. The van der Waals surface area contributed by atoms with E-state index in [1.54, 1.807) is 6.20 Å². The van der Waals surface area contributed by atoms with E-state index in [-0.39, 0.29) is 11.8 Å². The first-order chi connectivity index (χ1) is 12.1. The van der Waals surface area contributed by atoms with Gasteiger partial charge in [0.25, 0.3) is 0 Å². The molecule has 0 amide bonds. The van der Waals surface area contributed by atoms with E-state index < -0.39 is 0 Å². The maximum absolute atomic E-state index is 8.76. The normalized spacial score (nSPS) is 17.7. The van der Waals surface area contributed by atoms with Crippen LogP contribution in [0.15, 0.2) is 24.7 Å². The van der Waals surface area contributed by atoms with E-state index in [2.05, 4.69) is 37.5 Å². The van der Waals surface area contributed by atoms with E-state index in [0.717, 1.165) is 37.5 Å². The Balaban J connectivity index is 1.64. The summed E-state index contributed by atoms with van der Waals surface area (Å²) in [6.07, 6.45) is 4.91. The Morgan fingerprint density at radius 1 is 1.28 bits per heavy atom. The standard InChI is InChI=1S/C17H21N7O/c1-12-7-21-16(23-17-10-19-13(6-18)8-22-17)5-15(12)20-9-14-11-24(2)3-4-25-14/h5,7-8,10,14H,3-4,9,11H2,1-2H3,(H2,20,21,22,23)/t14-/m0/s1. The van der Waals surface area contributed by atoms with Gasteiger partial charge < -0.3 is 20.3 Å².